The summed E-state index contributed by atoms with van der Waals surface area (Å²) >= 11 is 0. The van der Waals surface area contributed by atoms with Gasteiger partial charge in [-0.1, -0.05) is 6.07 Å². The fourth-order valence-electron chi connectivity index (χ4n) is 2.75. The normalized spacial score (nSPS) is 16.5. The minimum Gasteiger partial charge on any atom is -0.479 e. The zero-order chi connectivity index (χ0) is 17.4. The number of pyridine rings is 1. The van der Waals surface area contributed by atoms with Crippen molar-refractivity contribution in [1.29, 1.82) is 0 Å². The molecule has 1 aromatic carbocycles. The van der Waals surface area contributed by atoms with Crippen LogP contribution in [0.5, 0.6) is 5.75 Å². The zero-order valence-corrected chi connectivity index (χ0v) is 13.8. The summed E-state index contributed by atoms with van der Waals surface area (Å²) in [5.41, 5.74) is 1.49. The number of nitrogens with zero attached hydrogens (tertiary/aromatic N) is 2. The lowest BCUT2D eigenvalue weighted by Crippen LogP contribution is -2.42. The quantitative estimate of drug-likeness (QED) is 0.806. The first-order valence-corrected chi connectivity index (χ1v) is 7.66. The standard InChI is InChI=1S/C18H18N2O4/c1-11-5-4-6-17(22)20(11)10-15(21)13-7-8-16-14(9-13)19(3)18(23)12(2)24-16/h4-9,12H,10H2,1-3H3. The first-order valence-electron chi connectivity index (χ1n) is 7.66. The average Bonchev–Trinajstić information content (AvgIpc) is 2.56. The van der Waals surface area contributed by atoms with Crippen molar-refractivity contribution in [1.82, 2.24) is 4.57 Å². The molecule has 0 spiro atoms. The van der Waals surface area contributed by atoms with E-state index < -0.39 is 6.10 Å². The van der Waals surface area contributed by atoms with Crippen LogP contribution in [-0.2, 0) is 11.3 Å². The highest BCUT2D eigenvalue weighted by Gasteiger charge is 2.29. The number of rotatable bonds is 3. The van der Waals surface area contributed by atoms with Crippen molar-refractivity contribution in [2.75, 3.05) is 11.9 Å². The van der Waals surface area contributed by atoms with Crippen molar-refractivity contribution in [3.8, 4) is 5.75 Å². The van der Waals surface area contributed by atoms with E-state index in [0.717, 1.165) is 5.69 Å². The Labute approximate surface area is 139 Å². The fourth-order valence-corrected chi connectivity index (χ4v) is 2.75. The van der Waals surface area contributed by atoms with Gasteiger partial charge in [-0.2, -0.15) is 0 Å². The highest BCUT2D eigenvalue weighted by molar-refractivity contribution is 6.02. The van der Waals surface area contributed by atoms with Crippen LogP contribution in [0.1, 0.15) is 23.0 Å². The summed E-state index contributed by atoms with van der Waals surface area (Å²) in [5.74, 6) is 0.199. The first-order chi connectivity index (χ1) is 11.4. The minimum atomic E-state index is -0.547. The van der Waals surface area contributed by atoms with Crippen LogP contribution >= 0.6 is 0 Å². The first kappa shape index (κ1) is 16.0. The molecule has 1 aromatic heterocycles. The number of Topliss-reactive ketones (excluding diaryl/α,β-unsaturated/α-hetero) is 1. The number of benzene rings is 1. The van der Waals surface area contributed by atoms with Crippen LogP contribution in [0.2, 0.25) is 0 Å². The van der Waals surface area contributed by atoms with Gasteiger partial charge in [0.15, 0.2) is 11.9 Å². The molecule has 2 heterocycles. The minimum absolute atomic E-state index is 0.0424. The van der Waals surface area contributed by atoms with Crippen molar-refractivity contribution >= 4 is 17.4 Å². The molecule has 1 amide bonds. The highest BCUT2D eigenvalue weighted by Crippen LogP contribution is 2.34. The number of ketones is 1. The molecule has 0 saturated carbocycles. The summed E-state index contributed by atoms with van der Waals surface area (Å²) in [6, 6.07) is 9.84. The molecular formula is C18H18N2O4. The van der Waals surface area contributed by atoms with Crippen molar-refractivity contribution in [3.63, 3.8) is 0 Å². The van der Waals surface area contributed by atoms with Crippen LogP contribution in [0.25, 0.3) is 0 Å². The molecule has 0 bridgehead atoms. The Morgan fingerprint density at radius 1 is 1.21 bits per heavy atom. The molecule has 0 radical (unpaired) electrons. The van der Waals surface area contributed by atoms with Crippen molar-refractivity contribution in [2.24, 2.45) is 0 Å². The molecule has 0 aliphatic carbocycles. The zero-order valence-electron chi connectivity index (χ0n) is 13.8. The van der Waals surface area contributed by atoms with E-state index in [4.69, 9.17) is 4.74 Å². The summed E-state index contributed by atoms with van der Waals surface area (Å²) in [7, 11) is 1.65. The number of ether oxygens (including phenoxy) is 1. The Balaban J connectivity index is 1.92. The molecule has 0 fully saturated rings. The lowest BCUT2D eigenvalue weighted by molar-refractivity contribution is -0.125. The Morgan fingerprint density at radius 2 is 1.96 bits per heavy atom. The number of fused-ring (bicyclic) bond motifs is 1. The monoisotopic (exact) mass is 326 g/mol. The lowest BCUT2D eigenvalue weighted by atomic mass is 10.1. The third-order valence-electron chi connectivity index (χ3n) is 4.19. The van der Waals surface area contributed by atoms with Gasteiger partial charge in [0.2, 0.25) is 0 Å². The van der Waals surface area contributed by atoms with E-state index in [0.29, 0.717) is 17.0 Å². The van der Waals surface area contributed by atoms with Crippen molar-refractivity contribution < 1.29 is 14.3 Å². The Kier molecular flexibility index (Phi) is 3.97. The van der Waals surface area contributed by atoms with Gasteiger partial charge in [-0.3, -0.25) is 14.4 Å². The van der Waals surface area contributed by atoms with Crippen molar-refractivity contribution in [2.45, 2.75) is 26.5 Å². The number of aromatic nitrogens is 1. The van der Waals surface area contributed by atoms with Gasteiger partial charge < -0.3 is 14.2 Å². The molecule has 0 N–H and O–H groups in total. The fraction of sp³-hybridized carbons (Fsp3) is 0.278. The number of anilines is 1. The van der Waals surface area contributed by atoms with Gasteiger partial charge in [-0.15, -0.1) is 0 Å². The van der Waals surface area contributed by atoms with E-state index in [1.165, 1.54) is 15.5 Å². The summed E-state index contributed by atoms with van der Waals surface area (Å²) < 4.78 is 6.97. The van der Waals surface area contributed by atoms with Gasteiger partial charge in [0, 0.05) is 24.4 Å². The molecule has 6 nitrogen and oxygen atoms in total. The van der Waals surface area contributed by atoms with E-state index >= 15 is 0 Å². The maximum absolute atomic E-state index is 12.6. The van der Waals surface area contributed by atoms with Crippen LogP contribution in [0, 0.1) is 6.92 Å². The third kappa shape index (κ3) is 2.71. The van der Waals surface area contributed by atoms with Gasteiger partial charge >= 0.3 is 0 Å². The van der Waals surface area contributed by atoms with Crippen LogP contribution in [-0.4, -0.2) is 29.4 Å². The van der Waals surface area contributed by atoms with Gasteiger partial charge in [0.05, 0.1) is 12.2 Å². The number of hydrogen-bond acceptors (Lipinski definition) is 4. The maximum atomic E-state index is 12.6. The molecule has 1 aliphatic rings. The number of carbonyl (C=O) groups excluding carboxylic acids is 2. The molecule has 2 aromatic rings. The number of carbonyl (C=O) groups is 2. The Morgan fingerprint density at radius 3 is 2.67 bits per heavy atom. The molecule has 3 rings (SSSR count). The van der Waals surface area contributed by atoms with Crippen LogP contribution < -0.4 is 15.2 Å². The topological polar surface area (TPSA) is 68.6 Å². The van der Waals surface area contributed by atoms with Gasteiger partial charge in [0.25, 0.3) is 11.5 Å². The van der Waals surface area contributed by atoms with Crippen LogP contribution in [0.3, 0.4) is 0 Å². The lowest BCUT2D eigenvalue weighted by Gasteiger charge is -2.30. The van der Waals surface area contributed by atoms with E-state index in [9.17, 15) is 14.4 Å². The molecule has 6 heteroatoms. The molecule has 24 heavy (non-hydrogen) atoms. The van der Waals surface area contributed by atoms with E-state index in [1.807, 2.05) is 0 Å². The van der Waals surface area contributed by atoms with Crippen LogP contribution in [0.4, 0.5) is 5.69 Å². The predicted octanol–water partition coefficient (Wildman–Crippen LogP) is 1.78. The van der Waals surface area contributed by atoms with Gasteiger partial charge in [-0.25, -0.2) is 0 Å². The predicted molar refractivity (Wildman–Crippen MR) is 89.7 cm³/mol. The summed E-state index contributed by atoms with van der Waals surface area (Å²) in [4.78, 5) is 38.0. The van der Waals surface area contributed by atoms with E-state index in [2.05, 4.69) is 0 Å². The molecular weight excluding hydrogens is 308 g/mol. The van der Waals surface area contributed by atoms with Gasteiger partial charge in [0.1, 0.15) is 5.75 Å². The van der Waals surface area contributed by atoms with E-state index in [1.54, 1.807) is 51.2 Å². The second-order valence-corrected chi connectivity index (χ2v) is 5.85. The smallest absolute Gasteiger partial charge is 0.267 e. The number of hydrogen-bond donors (Lipinski definition) is 0. The second kappa shape index (κ2) is 5.96. The van der Waals surface area contributed by atoms with Crippen molar-refractivity contribution in [3.05, 3.63) is 58.0 Å². The number of aryl methyl sites for hydroxylation is 1. The third-order valence-corrected chi connectivity index (χ3v) is 4.19. The molecule has 1 atom stereocenters. The molecule has 0 saturated heterocycles. The number of likely N-dealkylation sites (N-methyl/N-ethyl adjacent to an activating group) is 1. The maximum Gasteiger partial charge on any atom is 0.267 e. The molecule has 1 aliphatic heterocycles. The SMILES string of the molecule is Cc1cccc(=O)n1CC(=O)c1ccc2c(c1)N(C)C(=O)C(C)O2. The Hall–Kier alpha value is -2.89. The summed E-state index contributed by atoms with van der Waals surface area (Å²) in [6.45, 7) is 3.42. The van der Waals surface area contributed by atoms with E-state index in [-0.39, 0.29) is 23.8 Å². The second-order valence-electron chi connectivity index (χ2n) is 5.85. The highest BCUT2D eigenvalue weighted by atomic mass is 16.5. The van der Waals surface area contributed by atoms with Crippen LogP contribution in [0.15, 0.2) is 41.2 Å². The van der Waals surface area contributed by atoms with Gasteiger partial charge in [-0.05, 0) is 38.1 Å². The summed E-state index contributed by atoms with van der Waals surface area (Å²) in [6.07, 6.45) is -0.547. The molecule has 1 unspecified atom stereocenters. The number of amides is 1. The largest absolute Gasteiger partial charge is 0.479 e. The average molecular weight is 326 g/mol. The Bertz CT molecular complexity index is 885. The molecule has 124 valence electrons. The summed E-state index contributed by atoms with van der Waals surface area (Å²) in [5, 5.41) is 0.